The summed E-state index contributed by atoms with van der Waals surface area (Å²) in [5.74, 6) is -0.874. The Balaban J connectivity index is 1.68. The van der Waals surface area contributed by atoms with Gasteiger partial charge in [0.05, 0.1) is 11.0 Å². The molecule has 9 atom stereocenters. The van der Waals surface area contributed by atoms with Gasteiger partial charge in [-0.3, -0.25) is 9.59 Å². The molecule has 0 aromatic heterocycles. The van der Waals surface area contributed by atoms with Gasteiger partial charge in [0.15, 0.2) is 17.9 Å². The molecule has 3 fully saturated rings. The number of aliphatic hydroxyl groups excluding tert-OH is 1. The van der Waals surface area contributed by atoms with Crippen LogP contribution in [-0.4, -0.2) is 57.9 Å². The standard InChI is InChI=1S/C26H37ClO6/c1-6-32-16(3)33-14-22(30)26(31)15(2)11-20-19-8-7-17-12-18(28)9-10-23(17,4)25(19,27)21(29)13-24(20,26)5/h9-10,12,15-16,19-21,29,31H,6-8,11,13-14H2,1-5H3/t15-,16+,19-,20-,21-,23-,24-,25-,26-/m0/s1. The second-order valence-electron chi connectivity index (χ2n) is 10.9. The molecular formula is C26H37ClO6. The fourth-order valence-electron chi connectivity index (χ4n) is 7.73. The molecule has 0 bridgehead atoms. The third kappa shape index (κ3) is 3.28. The van der Waals surface area contributed by atoms with Gasteiger partial charge in [-0.05, 0) is 69.4 Å². The number of hydrogen-bond donors (Lipinski definition) is 2. The van der Waals surface area contributed by atoms with Crippen molar-refractivity contribution in [1.29, 1.82) is 0 Å². The van der Waals surface area contributed by atoms with E-state index in [1.807, 2.05) is 33.8 Å². The lowest BCUT2D eigenvalue weighted by Gasteiger charge is -2.63. The molecule has 7 heteroatoms. The summed E-state index contributed by atoms with van der Waals surface area (Å²) < 4.78 is 10.9. The van der Waals surface area contributed by atoms with Crippen LogP contribution in [0.25, 0.3) is 0 Å². The minimum atomic E-state index is -1.63. The molecule has 0 heterocycles. The SMILES string of the molecule is CCO[C@@H](C)OCC(=O)[C@@]1(O)[C@@H](C)C[C@H]2[C@@H]3CCC4=CC(=O)C=C[C@]4(C)[C@@]3(Cl)[C@@H](O)C[C@@]21C. The van der Waals surface area contributed by atoms with Crippen molar-refractivity contribution in [2.75, 3.05) is 13.2 Å². The number of fused-ring (bicyclic) bond motifs is 5. The van der Waals surface area contributed by atoms with Gasteiger partial charge in [-0.25, -0.2) is 0 Å². The predicted molar refractivity (Wildman–Crippen MR) is 125 cm³/mol. The minimum absolute atomic E-state index is 0.0453. The summed E-state index contributed by atoms with van der Waals surface area (Å²) in [5.41, 5.74) is -2.16. The molecule has 4 aliphatic rings. The van der Waals surface area contributed by atoms with E-state index >= 15 is 0 Å². The third-order valence-electron chi connectivity index (χ3n) is 9.50. The fourth-order valence-corrected chi connectivity index (χ4v) is 8.25. The average Bonchev–Trinajstić information content (AvgIpc) is 2.95. The van der Waals surface area contributed by atoms with E-state index in [0.717, 1.165) is 5.57 Å². The molecule has 33 heavy (non-hydrogen) atoms. The Kier molecular flexibility index (Phi) is 6.28. The van der Waals surface area contributed by atoms with Crippen molar-refractivity contribution < 1.29 is 29.3 Å². The molecule has 0 aromatic carbocycles. The smallest absolute Gasteiger partial charge is 0.190 e. The molecule has 2 N–H and O–H groups in total. The van der Waals surface area contributed by atoms with Crippen molar-refractivity contribution in [3.05, 3.63) is 23.8 Å². The monoisotopic (exact) mass is 480 g/mol. The van der Waals surface area contributed by atoms with Gasteiger partial charge in [-0.15, -0.1) is 11.6 Å². The summed E-state index contributed by atoms with van der Waals surface area (Å²) in [6.45, 7) is 9.65. The van der Waals surface area contributed by atoms with Crippen LogP contribution in [0.5, 0.6) is 0 Å². The summed E-state index contributed by atoms with van der Waals surface area (Å²) in [6, 6.07) is 0. The molecule has 3 saturated carbocycles. The average molecular weight is 481 g/mol. The van der Waals surface area contributed by atoms with E-state index < -0.39 is 33.7 Å². The minimum Gasteiger partial charge on any atom is -0.391 e. The van der Waals surface area contributed by atoms with Crippen LogP contribution in [0.15, 0.2) is 23.8 Å². The van der Waals surface area contributed by atoms with Gasteiger partial charge < -0.3 is 19.7 Å². The molecule has 4 rings (SSSR count). The first-order valence-electron chi connectivity index (χ1n) is 12.2. The van der Waals surface area contributed by atoms with E-state index in [4.69, 9.17) is 21.1 Å². The largest absolute Gasteiger partial charge is 0.391 e. The summed E-state index contributed by atoms with van der Waals surface area (Å²) in [4.78, 5) is 24.4. The van der Waals surface area contributed by atoms with E-state index in [-0.39, 0.29) is 42.3 Å². The zero-order chi connectivity index (χ0) is 24.4. The highest BCUT2D eigenvalue weighted by Crippen LogP contribution is 2.71. The molecular weight excluding hydrogens is 444 g/mol. The van der Waals surface area contributed by atoms with E-state index in [2.05, 4.69) is 0 Å². The van der Waals surface area contributed by atoms with Crippen LogP contribution in [-0.2, 0) is 19.1 Å². The van der Waals surface area contributed by atoms with Gasteiger partial charge in [0.2, 0.25) is 0 Å². The van der Waals surface area contributed by atoms with Gasteiger partial charge in [-0.2, -0.15) is 0 Å². The number of ketones is 2. The van der Waals surface area contributed by atoms with Crippen LogP contribution in [0.3, 0.4) is 0 Å². The normalized spacial score (nSPS) is 47.4. The van der Waals surface area contributed by atoms with Crippen LogP contribution in [0.1, 0.15) is 60.3 Å². The Morgan fingerprint density at radius 3 is 2.67 bits per heavy atom. The molecule has 184 valence electrons. The lowest BCUT2D eigenvalue weighted by atomic mass is 9.45. The van der Waals surface area contributed by atoms with Crippen LogP contribution in [0.4, 0.5) is 0 Å². The van der Waals surface area contributed by atoms with E-state index in [0.29, 0.717) is 25.9 Å². The molecule has 0 radical (unpaired) electrons. The van der Waals surface area contributed by atoms with Crippen molar-refractivity contribution in [2.45, 2.75) is 83.2 Å². The molecule has 4 aliphatic carbocycles. The molecule has 0 aliphatic heterocycles. The highest BCUT2D eigenvalue weighted by molar-refractivity contribution is 6.26. The summed E-state index contributed by atoms with van der Waals surface area (Å²) >= 11 is 7.42. The highest BCUT2D eigenvalue weighted by Gasteiger charge is 2.74. The zero-order valence-corrected chi connectivity index (χ0v) is 21.0. The van der Waals surface area contributed by atoms with E-state index in [1.54, 1.807) is 19.1 Å². The third-order valence-corrected chi connectivity index (χ3v) is 10.4. The second kappa shape index (κ2) is 8.27. The first kappa shape index (κ1) is 25.1. The Bertz CT molecular complexity index is 899. The highest BCUT2D eigenvalue weighted by atomic mass is 35.5. The van der Waals surface area contributed by atoms with Crippen molar-refractivity contribution in [3.63, 3.8) is 0 Å². The number of aliphatic hydroxyl groups is 2. The number of carbonyl (C=O) groups is 2. The van der Waals surface area contributed by atoms with Crippen LogP contribution < -0.4 is 0 Å². The second-order valence-corrected chi connectivity index (χ2v) is 11.6. The molecule has 0 unspecified atom stereocenters. The van der Waals surface area contributed by atoms with E-state index in [9.17, 15) is 19.8 Å². The first-order chi connectivity index (χ1) is 15.4. The van der Waals surface area contributed by atoms with Crippen molar-refractivity contribution in [3.8, 4) is 0 Å². The van der Waals surface area contributed by atoms with Crippen LogP contribution >= 0.6 is 11.6 Å². The van der Waals surface area contributed by atoms with Gasteiger partial charge >= 0.3 is 0 Å². The van der Waals surface area contributed by atoms with Gasteiger partial charge in [0.25, 0.3) is 0 Å². The fraction of sp³-hybridized carbons (Fsp3) is 0.769. The quantitative estimate of drug-likeness (QED) is 0.446. The Morgan fingerprint density at radius 1 is 1.30 bits per heavy atom. The molecule has 6 nitrogen and oxygen atoms in total. The predicted octanol–water partition coefficient (Wildman–Crippen LogP) is 3.57. The maximum absolute atomic E-state index is 13.4. The van der Waals surface area contributed by atoms with Gasteiger partial charge in [0, 0.05) is 17.4 Å². The molecule has 0 spiro atoms. The molecule has 0 amide bonds. The number of halogens is 1. The van der Waals surface area contributed by atoms with Crippen molar-refractivity contribution >= 4 is 23.2 Å². The number of Topliss-reactive ketones (excluding diaryl/α,β-unsaturated/α-hetero) is 1. The van der Waals surface area contributed by atoms with Gasteiger partial charge in [0.1, 0.15) is 12.2 Å². The lowest BCUT2D eigenvalue weighted by Crippen LogP contribution is -2.69. The lowest BCUT2D eigenvalue weighted by molar-refractivity contribution is -0.189. The van der Waals surface area contributed by atoms with Crippen molar-refractivity contribution in [2.24, 2.45) is 28.6 Å². The number of allylic oxidation sites excluding steroid dienone is 4. The Morgan fingerprint density at radius 2 is 2.00 bits per heavy atom. The molecule has 0 saturated heterocycles. The summed E-state index contributed by atoms with van der Waals surface area (Å²) in [6.07, 6.45) is 5.83. The maximum Gasteiger partial charge on any atom is 0.190 e. The maximum atomic E-state index is 13.4. The van der Waals surface area contributed by atoms with Crippen LogP contribution in [0.2, 0.25) is 0 Å². The number of carbonyl (C=O) groups excluding carboxylic acids is 2. The summed E-state index contributed by atoms with van der Waals surface area (Å²) in [5, 5.41) is 23.5. The Labute approximate surface area is 201 Å². The number of hydrogen-bond acceptors (Lipinski definition) is 6. The van der Waals surface area contributed by atoms with Crippen molar-refractivity contribution in [1.82, 2.24) is 0 Å². The van der Waals surface area contributed by atoms with Gasteiger partial charge in [-0.1, -0.05) is 32.4 Å². The number of ether oxygens (including phenoxy) is 2. The van der Waals surface area contributed by atoms with E-state index in [1.165, 1.54) is 0 Å². The topological polar surface area (TPSA) is 93.1 Å². The summed E-state index contributed by atoms with van der Waals surface area (Å²) in [7, 11) is 0. The number of rotatable bonds is 6. The Hall–Kier alpha value is -1.05. The zero-order valence-electron chi connectivity index (χ0n) is 20.3. The number of alkyl halides is 1. The first-order valence-corrected chi connectivity index (χ1v) is 12.5. The van der Waals surface area contributed by atoms with Crippen LogP contribution in [0, 0.1) is 28.6 Å². The molecule has 0 aromatic rings.